The van der Waals surface area contributed by atoms with Gasteiger partial charge in [-0.3, -0.25) is 9.59 Å². The van der Waals surface area contributed by atoms with Crippen LogP contribution in [0.3, 0.4) is 0 Å². The first-order chi connectivity index (χ1) is 12.2. The summed E-state index contributed by atoms with van der Waals surface area (Å²) < 4.78 is 11.3. The lowest BCUT2D eigenvalue weighted by atomic mass is 10.1. The van der Waals surface area contributed by atoms with Crippen molar-refractivity contribution >= 4 is 33.8 Å². The Morgan fingerprint density at radius 3 is 2.64 bits per heavy atom. The van der Waals surface area contributed by atoms with E-state index in [9.17, 15) is 9.59 Å². The maximum atomic E-state index is 11.8. The second kappa shape index (κ2) is 7.70. The van der Waals surface area contributed by atoms with E-state index in [-0.39, 0.29) is 25.0 Å². The van der Waals surface area contributed by atoms with E-state index >= 15 is 0 Å². The zero-order valence-corrected chi connectivity index (χ0v) is 14.0. The van der Waals surface area contributed by atoms with E-state index in [0.29, 0.717) is 12.3 Å². The summed E-state index contributed by atoms with van der Waals surface area (Å²) in [5.41, 5.74) is 1.58. The van der Waals surface area contributed by atoms with Crippen molar-refractivity contribution < 1.29 is 18.7 Å². The predicted octanol–water partition coefficient (Wildman–Crippen LogP) is 2.61. The van der Waals surface area contributed by atoms with E-state index in [2.05, 4.69) is 10.6 Å². The molecule has 0 fully saturated rings. The zero-order chi connectivity index (χ0) is 17.6. The Morgan fingerprint density at radius 2 is 1.80 bits per heavy atom. The van der Waals surface area contributed by atoms with Crippen LogP contribution in [0.4, 0.5) is 0 Å². The lowest BCUT2D eigenvalue weighted by Gasteiger charge is -2.08. The molecule has 0 aliphatic heterocycles. The van der Waals surface area contributed by atoms with Crippen LogP contribution in [0.5, 0.6) is 5.75 Å². The minimum Gasteiger partial charge on any atom is -0.484 e. The molecule has 0 saturated heterocycles. The molecule has 0 unspecified atom stereocenters. The maximum Gasteiger partial charge on any atom is 0.258 e. The molecule has 2 aromatic carbocycles. The Balaban J connectivity index is 1.58. The SMILES string of the molecule is CCCNC(=O)CNC(=O)COc1ccc2oc3ccccc3c2c1. The topological polar surface area (TPSA) is 80.6 Å². The van der Waals surface area contributed by atoms with Gasteiger partial charge in [-0.15, -0.1) is 0 Å². The Morgan fingerprint density at radius 1 is 1.00 bits per heavy atom. The number of benzene rings is 2. The van der Waals surface area contributed by atoms with E-state index in [1.807, 2.05) is 43.3 Å². The summed E-state index contributed by atoms with van der Waals surface area (Å²) in [7, 11) is 0. The molecule has 0 saturated carbocycles. The number of carbonyl (C=O) groups excluding carboxylic acids is 2. The zero-order valence-electron chi connectivity index (χ0n) is 14.0. The van der Waals surface area contributed by atoms with Gasteiger partial charge in [0.25, 0.3) is 5.91 Å². The normalized spacial score (nSPS) is 10.8. The average Bonchev–Trinajstić information content (AvgIpc) is 3.01. The molecule has 6 heteroatoms. The Hall–Kier alpha value is -3.02. The molecule has 0 aliphatic carbocycles. The number of furan rings is 1. The number of para-hydroxylation sites is 1. The molecular weight excluding hydrogens is 320 g/mol. The van der Waals surface area contributed by atoms with Gasteiger partial charge < -0.3 is 19.8 Å². The second-order valence-corrected chi connectivity index (χ2v) is 5.67. The van der Waals surface area contributed by atoms with E-state index < -0.39 is 0 Å². The number of hydrogen-bond acceptors (Lipinski definition) is 4. The van der Waals surface area contributed by atoms with Gasteiger partial charge in [-0.1, -0.05) is 25.1 Å². The molecular formula is C19H20N2O4. The van der Waals surface area contributed by atoms with Gasteiger partial charge in [0.15, 0.2) is 6.61 Å². The molecule has 130 valence electrons. The van der Waals surface area contributed by atoms with Crippen molar-refractivity contribution in [2.45, 2.75) is 13.3 Å². The van der Waals surface area contributed by atoms with Crippen LogP contribution in [0.1, 0.15) is 13.3 Å². The maximum absolute atomic E-state index is 11.8. The predicted molar refractivity (Wildman–Crippen MR) is 95.5 cm³/mol. The molecule has 2 amide bonds. The molecule has 25 heavy (non-hydrogen) atoms. The standard InChI is InChI=1S/C19H20N2O4/c1-2-9-20-18(22)11-21-19(23)12-24-13-7-8-17-15(10-13)14-5-3-4-6-16(14)25-17/h3-8,10H,2,9,11-12H2,1H3,(H,20,22)(H,21,23). The quantitative estimate of drug-likeness (QED) is 0.693. The fourth-order valence-electron chi connectivity index (χ4n) is 2.50. The van der Waals surface area contributed by atoms with Gasteiger partial charge in [-0.05, 0) is 30.7 Å². The van der Waals surface area contributed by atoms with Crippen LogP contribution in [0, 0.1) is 0 Å². The van der Waals surface area contributed by atoms with E-state index in [0.717, 1.165) is 28.4 Å². The van der Waals surface area contributed by atoms with Crippen molar-refractivity contribution in [2.24, 2.45) is 0 Å². The molecule has 0 aliphatic rings. The molecule has 0 bridgehead atoms. The summed E-state index contributed by atoms with van der Waals surface area (Å²) in [4.78, 5) is 23.2. The summed E-state index contributed by atoms with van der Waals surface area (Å²) >= 11 is 0. The highest BCUT2D eigenvalue weighted by molar-refractivity contribution is 6.05. The lowest BCUT2D eigenvalue weighted by Crippen LogP contribution is -2.39. The van der Waals surface area contributed by atoms with Crippen molar-refractivity contribution in [3.63, 3.8) is 0 Å². The Kier molecular flexibility index (Phi) is 5.18. The number of nitrogens with one attached hydrogen (secondary N) is 2. The molecule has 1 aromatic heterocycles. The first-order valence-corrected chi connectivity index (χ1v) is 8.25. The fourth-order valence-corrected chi connectivity index (χ4v) is 2.50. The number of hydrogen-bond donors (Lipinski definition) is 2. The van der Waals surface area contributed by atoms with Gasteiger partial charge in [0, 0.05) is 17.3 Å². The molecule has 3 aromatic rings. The number of fused-ring (bicyclic) bond motifs is 3. The summed E-state index contributed by atoms with van der Waals surface area (Å²) in [6.45, 7) is 2.37. The smallest absolute Gasteiger partial charge is 0.258 e. The van der Waals surface area contributed by atoms with Gasteiger partial charge in [0.1, 0.15) is 16.9 Å². The second-order valence-electron chi connectivity index (χ2n) is 5.67. The summed E-state index contributed by atoms with van der Waals surface area (Å²) in [6.07, 6.45) is 0.855. The minimum absolute atomic E-state index is 0.0480. The van der Waals surface area contributed by atoms with Crippen LogP contribution in [-0.2, 0) is 9.59 Å². The fraction of sp³-hybridized carbons (Fsp3) is 0.263. The van der Waals surface area contributed by atoms with E-state index in [1.165, 1.54) is 0 Å². The first kappa shape index (κ1) is 16.8. The molecule has 2 N–H and O–H groups in total. The lowest BCUT2D eigenvalue weighted by molar-refractivity contribution is -0.127. The molecule has 1 heterocycles. The van der Waals surface area contributed by atoms with E-state index in [4.69, 9.17) is 9.15 Å². The highest BCUT2D eigenvalue weighted by Gasteiger charge is 2.09. The van der Waals surface area contributed by atoms with Crippen LogP contribution in [0.2, 0.25) is 0 Å². The van der Waals surface area contributed by atoms with Crippen LogP contribution < -0.4 is 15.4 Å². The highest BCUT2D eigenvalue weighted by Crippen LogP contribution is 2.31. The van der Waals surface area contributed by atoms with Gasteiger partial charge >= 0.3 is 0 Å². The van der Waals surface area contributed by atoms with E-state index in [1.54, 1.807) is 6.07 Å². The van der Waals surface area contributed by atoms with Gasteiger partial charge in [-0.25, -0.2) is 0 Å². The molecule has 0 radical (unpaired) electrons. The van der Waals surface area contributed by atoms with Gasteiger partial charge in [0.2, 0.25) is 5.91 Å². The number of carbonyl (C=O) groups is 2. The van der Waals surface area contributed by atoms with Gasteiger partial charge in [-0.2, -0.15) is 0 Å². The van der Waals surface area contributed by atoms with Crippen LogP contribution >= 0.6 is 0 Å². The third-order valence-electron chi connectivity index (χ3n) is 3.74. The summed E-state index contributed by atoms with van der Waals surface area (Å²) in [6, 6.07) is 13.2. The summed E-state index contributed by atoms with van der Waals surface area (Å²) in [5.74, 6) is 0.0231. The summed E-state index contributed by atoms with van der Waals surface area (Å²) in [5, 5.41) is 7.16. The number of ether oxygens (including phenoxy) is 1. The van der Waals surface area contributed by atoms with Crippen molar-refractivity contribution in [3.8, 4) is 5.75 Å². The van der Waals surface area contributed by atoms with Crippen molar-refractivity contribution in [3.05, 3.63) is 42.5 Å². The number of amides is 2. The molecule has 3 rings (SSSR count). The number of rotatable bonds is 7. The van der Waals surface area contributed by atoms with Crippen LogP contribution in [0.15, 0.2) is 46.9 Å². The van der Waals surface area contributed by atoms with Crippen LogP contribution in [-0.4, -0.2) is 31.5 Å². The largest absolute Gasteiger partial charge is 0.484 e. The average molecular weight is 340 g/mol. The molecule has 6 nitrogen and oxygen atoms in total. The molecule has 0 atom stereocenters. The highest BCUT2D eigenvalue weighted by atomic mass is 16.5. The first-order valence-electron chi connectivity index (χ1n) is 8.25. The Labute approximate surface area is 145 Å². The molecule has 0 spiro atoms. The van der Waals surface area contributed by atoms with Crippen LogP contribution in [0.25, 0.3) is 21.9 Å². The van der Waals surface area contributed by atoms with Crippen molar-refractivity contribution in [2.75, 3.05) is 19.7 Å². The monoisotopic (exact) mass is 340 g/mol. The third kappa shape index (κ3) is 4.09. The minimum atomic E-state index is -0.344. The van der Waals surface area contributed by atoms with Gasteiger partial charge in [0.05, 0.1) is 6.54 Å². The third-order valence-corrected chi connectivity index (χ3v) is 3.74. The van der Waals surface area contributed by atoms with Crippen molar-refractivity contribution in [1.29, 1.82) is 0 Å². The Bertz CT molecular complexity index is 901. The van der Waals surface area contributed by atoms with Crippen molar-refractivity contribution in [1.82, 2.24) is 10.6 Å².